The summed E-state index contributed by atoms with van der Waals surface area (Å²) in [6, 6.07) is 19.3. The zero-order chi connectivity index (χ0) is 51.7. The molecule has 16 nitrogen and oxygen atoms in total. The molecule has 0 spiro atoms. The van der Waals surface area contributed by atoms with Gasteiger partial charge in [0.2, 0.25) is 5.91 Å². The van der Waals surface area contributed by atoms with Crippen LogP contribution in [0.5, 0.6) is 23.0 Å². The van der Waals surface area contributed by atoms with Gasteiger partial charge in [-0.1, -0.05) is 67.5 Å². The first kappa shape index (κ1) is 55.7. The molecule has 0 unspecified atom stereocenters. The van der Waals surface area contributed by atoms with E-state index in [1.807, 2.05) is 64.1 Å². The highest BCUT2D eigenvalue weighted by Gasteiger charge is 2.27. The van der Waals surface area contributed by atoms with Crippen LogP contribution in [0.25, 0.3) is 22.5 Å². The van der Waals surface area contributed by atoms with Gasteiger partial charge < -0.3 is 39.6 Å². The first-order valence-corrected chi connectivity index (χ1v) is 23.6. The number of hydrogen-bond donors (Lipinski definition) is 3. The van der Waals surface area contributed by atoms with Gasteiger partial charge in [0.25, 0.3) is 11.8 Å². The highest BCUT2D eigenvalue weighted by atomic mass is 19.1. The van der Waals surface area contributed by atoms with Crippen molar-refractivity contribution in [2.45, 2.75) is 106 Å². The predicted molar refractivity (Wildman–Crippen MR) is 269 cm³/mol. The van der Waals surface area contributed by atoms with Crippen LogP contribution in [0.4, 0.5) is 10.1 Å². The van der Waals surface area contributed by atoms with E-state index in [-0.39, 0.29) is 71.6 Å². The van der Waals surface area contributed by atoms with Crippen LogP contribution in [0, 0.1) is 29.5 Å². The summed E-state index contributed by atoms with van der Waals surface area (Å²) in [5, 5.41) is 17.9. The summed E-state index contributed by atoms with van der Waals surface area (Å²) in [5.41, 5.74) is 3.88. The van der Waals surface area contributed by atoms with E-state index in [1.165, 1.54) is 31.4 Å². The number of esters is 1. The molecule has 0 saturated carbocycles. The van der Waals surface area contributed by atoms with E-state index in [0.29, 0.717) is 77.7 Å². The molecule has 0 aliphatic rings. The zero-order valence-corrected chi connectivity index (χ0v) is 43.0. The lowest BCUT2D eigenvalue weighted by atomic mass is 10.0. The summed E-state index contributed by atoms with van der Waals surface area (Å²) in [6.45, 7) is 17.6. The lowest BCUT2D eigenvalue weighted by molar-refractivity contribution is -0.141. The largest absolute Gasteiger partial charge is 0.496 e. The van der Waals surface area contributed by atoms with Crippen molar-refractivity contribution in [2.24, 2.45) is 23.7 Å². The van der Waals surface area contributed by atoms with Gasteiger partial charge in [0, 0.05) is 37.3 Å². The van der Waals surface area contributed by atoms with E-state index < -0.39 is 6.04 Å². The van der Waals surface area contributed by atoms with Crippen molar-refractivity contribution in [1.82, 2.24) is 30.2 Å². The van der Waals surface area contributed by atoms with Gasteiger partial charge >= 0.3 is 5.97 Å². The summed E-state index contributed by atoms with van der Waals surface area (Å²) in [6.07, 6.45) is 1.44. The van der Waals surface area contributed by atoms with Gasteiger partial charge in [-0.2, -0.15) is 10.2 Å². The minimum absolute atomic E-state index is 0.0706. The molecule has 0 radical (unpaired) electrons. The maximum Gasteiger partial charge on any atom is 0.307 e. The number of halogens is 1. The number of carbonyl (C=O) groups is 4. The first-order chi connectivity index (χ1) is 33.3. The second-order valence-electron chi connectivity index (χ2n) is 18.7. The van der Waals surface area contributed by atoms with Gasteiger partial charge in [-0.05, 0) is 97.2 Å². The van der Waals surface area contributed by atoms with Crippen molar-refractivity contribution < 1.29 is 47.3 Å². The van der Waals surface area contributed by atoms with Crippen LogP contribution in [0.2, 0.25) is 0 Å². The number of hydrogen-bond acceptors (Lipinski definition) is 11. The predicted octanol–water partition coefficient (Wildman–Crippen LogP) is 9.47. The van der Waals surface area contributed by atoms with Crippen molar-refractivity contribution in [3.05, 3.63) is 90.0 Å². The average Bonchev–Trinajstić information content (AvgIpc) is 3.92. The van der Waals surface area contributed by atoms with Crippen LogP contribution in [-0.4, -0.2) is 90.9 Å². The third kappa shape index (κ3) is 16.1. The minimum Gasteiger partial charge on any atom is -0.496 e. The molecule has 17 heteroatoms. The lowest BCUT2D eigenvalue weighted by Gasteiger charge is -2.20. The summed E-state index contributed by atoms with van der Waals surface area (Å²) in [5.74, 6) is 1.88. The molecule has 0 bridgehead atoms. The Kier molecular flexibility index (Phi) is 21.3. The number of amides is 3. The molecule has 3 aromatic carbocycles. The van der Waals surface area contributed by atoms with Crippen LogP contribution in [-0.2, 0) is 27.4 Å². The van der Waals surface area contributed by atoms with E-state index in [0.717, 1.165) is 11.3 Å². The number of ether oxygens (including phenoxy) is 5. The molecular weight excluding hydrogens is 898 g/mol. The molecule has 2 atom stereocenters. The Hall–Kier alpha value is -6.91. The first-order valence-electron chi connectivity index (χ1n) is 23.6. The summed E-state index contributed by atoms with van der Waals surface area (Å²) < 4.78 is 43.9. The Morgan fingerprint density at radius 3 is 1.29 bits per heavy atom. The smallest absolute Gasteiger partial charge is 0.307 e. The monoisotopic (exact) mass is 970 g/mol. The third-order valence-electron chi connectivity index (χ3n) is 10.9. The van der Waals surface area contributed by atoms with E-state index in [2.05, 4.69) is 53.8 Å². The van der Waals surface area contributed by atoms with Gasteiger partial charge in [0.15, 0.2) is 11.4 Å². The summed E-state index contributed by atoms with van der Waals surface area (Å²) >= 11 is 0. The second-order valence-corrected chi connectivity index (χ2v) is 18.7. The molecule has 0 fully saturated rings. The number of anilines is 1. The summed E-state index contributed by atoms with van der Waals surface area (Å²) in [7, 11) is 7.71. The van der Waals surface area contributed by atoms with Gasteiger partial charge in [0.1, 0.15) is 28.8 Å². The number of carbonyl (C=O) groups excluding carboxylic acids is 4. The fourth-order valence-electron chi connectivity index (χ4n) is 7.93. The van der Waals surface area contributed by atoms with Crippen LogP contribution in [0.15, 0.2) is 72.8 Å². The van der Waals surface area contributed by atoms with Crippen molar-refractivity contribution >= 4 is 29.4 Å². The molecule has 0 saturated heterocycles. The Balaban J connectivity index is 0.000000309. The number of benzene rings is 3. The molecule has 3 amide bonds. The third-order valence-corrected chi connectivity index (χ3v) is 10.9. The Morgan fingerprint density at radius 2 is 0.943 bits per heavy atom. The van der Waals surface area contributed by atoms with Crippen molar-refractivity contribution in [1.29, 1.82) is 0 Å². The topological polar surface area (TPSA) is 186 Å². The molecule has 0 aliphatic heterocycles. The average molecular weight is 970 g/mol. The van der Waals surface area contributed by atoms with Crippen LogP contribution in [0.1, 0.15) is 102 Å². The molecule has 380 valence electrons. The minimum atomic E-state index is -0.414. The summed E-state index contributed by atoms with van der Waals surface area (Å²) in [4.78, 5) is 51.0. The van der Waals surface area contributed by atoms with Gasteiger partial charge in [-0.15, -0.1) is 0 Å². The molecule has 3 N–H and O–H groups in total. The fourth-order valence-corrected chi connectivity index (χ4v) is 7.93. The molecular formula is C53H72FN7O9. The number of rotatable bonds is 23. The number of nitrogens with one attached hydrogen (secondary N) is 3. The van der Waals surface area contributed by atoms with Crippen molar-refractivity contribution in [3.63, 3.8) is 0 Å². The van der Waals surface area contributed by atoms with E-state index in [4.69, 9.17) is 23.7 Å². The number of methoxy groups -OCH3 is 5. The SMILES string of the molecule is COC(=O)C[C@H](CC(C)C)NC(=O)c1cc(-c2c(OC)cccc2OC)n(CC(C)C)n1.COc1cccc(OC)c1-c1cc(C(=O)N[C@H](CC(=O)Nc2ccc(F)cc2)CC(C)C)nn1CC(C)C. The van der Waals surface area contributed by atoms with Gasteiger partial charge in [-0.25, -0.2) is 4.39 Å². The second kappa shape index (κ2) is 26.7. The van der Waals surface area contributed by atoms with Gasteiger partial charge in [-0.3, -0.25) is 28.5 Å². The van der Waals surface area contributed by atoms with Gasteiger partial charge in [0.05, 0.1) is 64.5 Å². The van der Waals surface area contributed by atoms with E-state index in [1.54, 1.807) is 49.9 Å². The van der Waals surface area contributed by atoms with E-state index >= 15 is 0 Å². The quantitative estimate of drug-likeness (QED) is 0.0530. The van der Waals surface area contributed by atoms with Crippen molar-refractivity contribution in [2.75, 3.05) is 40.9 Å². The highest BCUT2D eigenvalue weighted by molar-refractivity contribution is 5.96. The van der Waals surface area contributed by atoms with Crippen LogP contribution < -0.4 is 34.9 Å². The maximum absolute atomic E-state index is 13.4. The Labute approximate surface area is 411 Å². The van der Waals surface area contributed by atoms with Crippen molar-refractivity contribution in [3.8, 4) is 45.5 Å². The Bertz CT molecular complexity index is 2450. The number of aromatic nitrogens is 4. The molecule has 2 heterocycles. The molecule has 5 aromatic rings. The lowest BCUT2D eigenvalue weighted by Crippen LogP contribution is -2.38. The highest BCUT2D eigenvalue weighted by Crippen LogP contribution is 2.40. The molecule has 2 aromatic heterocycles. The fraction of sp³-hybridized carbons (Fsp3) is 0.472. The Morgan fingerprint density at radius 1 is 0.557 bits per heavy atom. The zero-order valence-electron chi connectivity index (χ0n) is 43.0. The maximum atomic E-state index is 13.4. The normalized spacial score (nSPS) is 12.0. The molecule has 5 rings (SSSR count). The van der Waals surface area contributed by atoms with Crippen LogP contribution >= 0.6 is 0 Å². The molecule has 0 aliphatic carbocycles. The number of nitrogens with zero attached hydrogens (tertiary/aromatic N) is 4. The van der Waals surface area contributed by atoms with E-state index in [9.17, 15) is 23.6 Å². The molecule has 70 heavy (non-hydrogen) atoms. The standard InChI is InChI=1S/C29H37FN4O4.C24H35N3O5/c1-18(2)14-22(15-27(35)31-21-12-10-20(30)11-13-21)32-29(36)23-16-24(34(33-23)17-19(3)4)28-25(37-5)8-7-9-26(28)38-6;1-15(2)11-17(12-22(28)32-7)25-24(29)18-13-19(27(26-18)14-16(3)4)23-20(30-5)9-8-10-21(23)31-6/h7-13,16,18-19,22H,14-15,17H2,1-6H3,(H,31,35)(H,32,36);8-10,13,15-17H,11-12,14H2,1-7H3,(H,25,29)/t22-;17-/m00/s1. The van der Waals surface area contributed by atoms with Crippen LogP contribution in [0.3, 0.4) is 0 Å².